The van der Waals surface area contributed by atoms with Crippen LogP contribution >= 0.6 is 0 Å². The summed E-state index contributed by atoms with van der Waals surface area (Å²) in [5.74, 6) is -0.759. The first-order valence-electron chi connectivity index (χ1n) is 14.6. The Balaban J connectivity index is 2.08. The van der Waals surface area contributed by atoms with Crippen LogP contribution in [0.3, 0.4) is 0 Å². The molecule has 0 fully saturated rings. The predicted molar refractivity (Wildman–Crippen MR) is 163 cm³/mol. The van der Waals surface area contributed by atoms with Crippen LogP contribution in [0.15, 0.2) is 48.5 Å². The van der Waals surface area contributed by atoms with Gasteiger partial charge in [0.1, 0.15) is 5.75 Å². The van der Waals surface area contributed by atoms with Crippen molar-refractivity contribution in [2.45, 2.75) is 92.3 Å². The summed E-state index contributed by atoms with van der Waals surface area (Å²) < 4.78 is 5.81. The zero-order chi connectivity index (χ0) is 30.6. The highest BCUT2D eigenvalue weighted by molar-refractivity contribution is 5.86. The van der Waals surface area contributed by atoms with E-state index in [1.54, 1.807) is 0 Å². The van der Waals surface area contributed by atoms with E-state index in [9.17, 15) is 19.5 Å². The Hall–Kier alpha value is -3.39. The Morgan fingerprint density at radius 3 is 2.05 bits per heavy atom. The molecule has 0 radical (unpaired) electrons. The molecule has 226 valence electrons. The van der Waals surface area contributed by atoms with Crippen molar-refractivity contribution < 1.29 is 24.2 Å². The maximum atomic E-state index is 13.3. The number of hydrogen-bond donors (Lipinski definition) is 4. The zero-order valence-corrected chi connectivity index (χ0v) is 25.8. The Bertz CT molecular complexity index is 1110. The molecule has 0 bridgehead atoms. The normalized spacial score (nSPS) is 13.7. The third-order valence-corrected chi connectivity index (χ3v) is 7.45. The van der Waals surface area contributed by atoms with Crippen LogP contribution in [0, 0.1) is 25.2 Å². The fraction of sp³-hybridized carbons (Fsp3) is 0.545. The fourth-order valence-electron chi connectivity index (χ4n) is 4.79. The molecule has 0 heterocycles. The highest BCUT2D eigenvalue weighted by atomic mass is 16.5. The van der Waals surface area contributed by atoms with Gasteiger partial charge in [-0.05, 0) is 55.2 Å². The molecule has 0 aliphatic carbocycles. The lowest BCUT2D eigenvalue weighted by atomic mass is 9.78. The van der Waals surface area contributed by atoms with E-state index in [1.165, 1.54) is 0 Å². The van der Waals surface area contributed by atoms with E-state index in [4.69, 9.17) is 4.74 Å². The zero-order valence-electron chi connectivity index (χ0n) is 25.8. The summed E-state index contributed by atoms with van der Waals surface area (Å²) in [4.78, 5) is 38.9. The van der Waals surface area contributed by atoms with Crippen molar-refractivity contribution in [3.63, 3.8) is 0 Å². The smallest absolute Gasteiger partial charge is 0.258 e. The molecule has 2 rings (SSSR count). The van der Waals surface area contributed by atoms with Gasteiger partial charge < -0.3 is 25.8 Å². The lowest BCUT2D eigenvalue weighted by Gasteiger charge is -2.31. The van der Waals surface area contributed by atoms with Gasteiger partial charge in [0, 0.05) is 19.0 Å². The summed E-state index contributed by atoms with van der Waals surface area (Å²) in [6, 6.07) is 14.7. The summed E-state index contributed by atoms with van der Waals surface area (Å²) in [5.41, 5.74) is 2.33. The van der Waals surface area contributed by atoms with Gasteiger partial charge >= 0.3 is 0 Å². The minimum Gasteiger partial charge on any atom is -0.483 e. The molecule has 41 heavy (non-hydrogen) atoms. The third kappa shape index (κ3) is 11.2. The molecule has 0 saturated carbocycles. The number of nitrogens with one attached hydrogen (secondary N) is 3. The second-order valence-electron chi connectivity index (χ2n) is 11.9. The molecule has 0 aliphatic heterocycles. The summed E-state index contributed by atoms with van der Waals surface area (Å²) in [5, 5.41) is 19.9. The number of aliphatic hydroxyl groups is 1. The molecule has 0 unspecified atom stereocenters. The van der Waals surface area contributed by atoms with Gasteiger partial charge in [-0.25, -0.2) is 0 Å². The monoisotopic (exact) mass is 567 g/mol. The Morgan fingerprint density at radius 2 is 1.49 bits per heavy atom. The molecule has 0 aromatic heterocycles. The van der Waals surface area contributed by atoms with Crippen molar-refractivity contribution in [3.05, 3.63) is 65.2 Å². The summed E-state index contributed by atoms with van der Waals surface area (Å²) in [6.07, 6.45) is 1.01. The van der Waals surface area contributed by atoms with E-state index >= 15 is 0 Å². The number of para-hydroxylation sites is 1. The van der Waals surface area contributed by atoms with E-state index in [2.05, 4.69) is 16.0 Å². The van der Waals surface area contributed by atoms with Gasteiger partial charge in [-0.15, -0.1) is 0 Å². The van der Waals surface area contributed by atoms with Crippen LogP contribution in [0.5, 0.6) is 5.75 Å². The number of rotatable bonds is 15. The van der Waals surface area contributed by atoms with Crippen LogP contribution in [0.25, 0.3) is 0 Å². The molecule has 0 saturated heterocycles. The van der Waals surface area contributed by atoms with Crippen LogP contribution in [-0.4, -0.2) is 54.2 Å². The second-order valence-corrected chi connectivity index (χ2v) is 11.9. The van der Waals surface area contributed by atoms with Crippen LogP contribution in [-0.2, 0) is 20.8 Å². The molecule has 2 aromatic rings. The lowest BCUT2D eigenvalue weighted by molar-refractivity contribution is -0.134. The van der Waals surface area contributed by atoms with E-state index in [0.29, 0.717) is 12.2 Å². The first-order valence-corrected chi connectivity index (χ1v) is 14.6. The number of ether oxygens (including phenoxy) is 1. The van der Waals surface area contributed by atoms with Gasteiger partial charge in [0.15, 0.2) is 6.61 Å². The molecule has 3 atom stereocenters. The van der Waals surface area contributed by atoms with Gasteiger partial charge in [0.2, 0.25) is 11.8 Å². The molecule has 0 spiro atoms. The SMILES string of the molecule is CCC(CC)NC(=O)C[C@@H](C(=O)NC[C@@H](O)[C@H](Cc1ccccc1)NC(=O)COc1c(C)cccc1C)C(C)(C)C. The number of aryl methyl sites for hydroxylation is 2. The summed E-state index contributed by atoms with van der Waals surface area (Å²) >= 11 is 0. The average Bonchev–Trinajstić information content (AvgIpc) is 2.92. The number of benzene rings is 2. The molecule has 0 aliphatic rings. The van der Waals surface area contributed by atoms with Gasteiger partial charge in [0.25, 0.3) is 5.91 Å². The first kappa shape index (κ1) is 33.8. The minimum atomic E-state index is -1.07. The van der Waals surface area contributed by atoms with Crippen molar-refractivity contribution >= 4 is 17.7 Å². The third-order valence-electron chi connectivity index (χ3n) is 7.45. The standard InChI is InChI=1S/C33H49N3O5/c1-8-25(9-2)35-29(38)19-26(33(5,6)7)32(40)34-20-28(37)27(18-24-16-11-10-12-17-24)36-30(39)21-41-31-22(3)14-13-15-23(31)4/h10-17,25-28,37H,8-9,18-21H2,1-7H3,(H,34,40)(H,35,38)(H,36,39)/t26-,27-,28+/m0/s1. The van der Waals surface area contributed by atoms with Gasteiger partial charge in [-0.2, -0.15) is 0 Å². The van der Waals surface area contributed by atoms with E-state index in [1.807, 2.05) is 97.0 Å². The van der Waals surface area contributed by atoms with Crippen molar-refractivity contribution in [1.29, 1.82) is 0 Å². The highest BCUT2D eigenvalue weighted by Crippen LogP contribution is 2.29. The van der Waals surface area contributed by atoms with Crippen molar-refractivity contribution in [3.8, 4) is 5.75 Å². The predicted octanol–water partition coefficient (Wildman–Crippen LogP) is 4.24. The maximum absolute atomic E-state index is 13.3. The second kappa shape index (κ2) is 16.2. The molecule has 8 heteroatoms. The first-order chi connectivity index (χ1) is 19.3. The van der Waals surface area contributed by atoms with Gasteiger partial charge in [-0.3, -0.25) is 14.4 Å². The van der Waals surface area contributed by atoms with E-state index < -0.39 is 23.5 Å². The molecule has 8 nitrogen and oxygen atoms in total. The molecule has 2 aromatic carbocycles. The number of carbonyl (C=O) groups excluding carboxylic acids is 3. The lowest BCUT2D eigenvalue weighted by Crippen LogP contribution is -2.52. The topological polar surface area (TPSA) is 117 Å². The molecule has 4 N–H and O–H groups in total. The van der Waals surface area contributed by atoms with Crippen molar-refractivity contribution in [2.24, 2.45) is 11.3 Å². The van der Waals surface area contributed by atoms with E-state index in [-0.39, 0.29) is 43.3 Å². The summed E-state index contributed by atoms with van der Waals surface area (Å²) in [6.45, 7) is 13.4. The largest absolute Gasteiger partial charge is 0.483 e. The Labute approximate surface area is 245 Å². The Morgan fingerprint density at radius 1 is 0.878 bits per heavy atom. The summed E-state index contributed by atoms with van der Waals surface area (Å²) in [7, 11) is 0. The maximum Gasteiger partial charge on any atom is 0.258 e. The van der Waals surface area contributed by atoms with Crippen LogP contribution < -0.4 is 20.7 Å². The van der Waals surface area contributed by atoms with Crippen LogP contribution in [0.1, 0.15) is 70.6 Å². The van der Waals surface area contributed by atoms with Crippen LogP contribution in [0.4, 0.5) is 0 Å². The van der Waals surface area contributed by atoms with Crippen molar-refractivity contribution in [1.82, 2.24) is 16.0 Å². The average molecular weight is 568 g/mol. The Kier molecular flexibility index (Phi) is 13.3. The molecular weight excluding hydrogens is 518 g/mol. The minimum absolute atomic E-state index is 0.0573. The van der Waals surface area contributed by atoms with Gasteiger partial charge in [-0.1, -0.05) is 83.1 Å². The molecule has 3 amide bonds. The molecular formula is C33H49N3O5. The number of hydrogen-bond acceptors (Lipinski definition) is 5. The quantitative estimate of drug-likeness (QED) is 0.257. The number of amides is 3. The number of carbonyl (C=O) groups is 3. The van der Waals surface area contributed by atoms with Crippen molar-refractivity contribution in [2.75, 3.05) is 13.2 Å². The highest BCUT2D eigenvalue weighted by Gasteiger charge is 2.34. The fourth-order valence-corrected chi connectivity index (χ4v) is 4.79. The van der Waals surface area contributed by atoms with E-state index in [0.717, 1.165) is 29.5 Å². The number of aliphatic hydroxyl groups excluding tert-OH is 1. The van der Waals surface area contributed by atoms with Crippen LogP contribution in [0.2, 0.25) is 0 Å². The van der Waals surface area contributed by atoms with Gasteiger partial charge in [0.05, 0.1) is 18.1 Å².